The molecule has 0 bridgehead atoms. The molecule has 2 fully saturated rings. The number of amides is 1. The largest absolute Gasteiger partial charge is 0.348 e. The quantitative estimate of drug-likeness (QED) is 0.931. The molecular formula is C18H28N4O. The van der Waals surface area contributed by atoms with Crippen molar-refractivity contribution in [3.05, 3.63) is 23.3 Å². The highest BCUT2D eigenvalue weighted by atomic mass is 16.1. The number of nitrogens with one attached hydrogen (secondary N) is 1. The smallest absolute Gasteiger partial charge is 0.270 e. The van der Waals surface area contributed by atoms with Crippen LogP contribution in [0.3, 0.4) is 0 Å². The number of likely N-dealkylation sites (N-methyl/N-ethyl adjacent to an activating group) is 1. The van der Waals surface area contributed by atoms with E-state index in [0.29, 0.717) is 17.7 Å². The number of aryl methyl sites for hydroxylation is 1. The fraction of sp³-hybridized carbons (Fsp3) is 0.722. The van der Waals surface area contributed by atoms with Gasteiger partial charge in [0.15, 0.2) is 0 Å². The van der Waals surface area contributed by atoms with Gasteiger partial charge in [0, 0.05) is 24.2 Å². The summed E-state index contributed by atoms with van der Waals surface area (Å²) in [7, 11) is 2.14. The van der Waals surface area contributed by atoms with Crippen molar-refractivity contribution in [1.29, 1.82) is 0 Å². The summed E-state index contributed by atoms with van der Waals surface area (Å²) in [6.45, 7) is 4.07. The van der Waals surface area contributed by atoms with Crippen molar-refractivity contribution >= 4 is 5.91 Å². The van der Waals surface area contributed by atoms with Crippen LogP contribution in [0.1, 0.15) is 72.9 Å². The van der Waals surface area contributed by atoms with Crippen molar-refractivity contribution < 1.29 is 4.79 Å². The summed E-state index contributed by atoms with van der Waals surface area (Å²) < 4.78 is 0. The second-order valence-electron chi connectivity index (χ2n) is 7.16. The first kappa shape index (κ1) is 16.4. The third-order valence-corrected chi connectivity index (χ3v) is 5.03. The number of aromatic nitrogens is 2. The molecule has 1 atom stereocenters. The van der Waals surface area contributed by atoms with Gasteiger partial charge in [0.25, 0.3) is 5.91 Å². The van der Waals surface area contributed by atoms with Gasteiger partial charge in [-0.3, -0.25) is 4.79 Å². The van der Waals surface area contributed by atoms with Gasteiger partial charge in [-0.2, -0.15) is 0 Å². The van der Waals surface area contributed by atoms with E-state index in [0.717, 1.165) is 43.9 Å². The Morgan fingerprint density at radius 2 is 1.96 bits per heavy atom. The Balaban J connectivity index is 1.72. The zero-order valence-electron chi connectivity index (χ0n) is 14.3. The van der Waals surface area contributed by atoms with E-state index in [1.807, 2.05) is 13.0 Å². The lowest BCUT2D eigenvalue weighted by molar-refractivity contribution is 0.0921. The van der Waals surface area contributed by atoms with Crippen LogP contribution < -0.4 is 5.32 Å². The van der Waals surface area contributed by atoms with E-state index in [1.165, 1.54) is 25.7 Å². The Labute approximate surface area is 138 Å². The summed E-state index contributed by atoms with van der Waals surface area (Å²) in [6.07, 6.45) is 8.19. The Hall–Kier alpha value is -1.49. The maximum atomic E-state index is 12.6. The highest BCUT2D eigenvalue weighted by Gasteiger charge is 2.24. The normalized spacial score (nSPS) is 23.7. The number of nitrogens with zero attached hydrogens (tertiary/aromatic N) is 3. The first-order valence-corrected chi connectivity index (χ1v) is 8.97. The minimum Gasteiger partial charge on any atom is -0.348 e. The zero-order valence-corrected chi connectivity index (χ0v) is 14.3. The van der Waals surface area contributed by atoms with Crippen molar-refractivity contribution in [2.24, 2.45) is 0 Å². The van der Waals surface area contributed by atoms with Gasteiger partial charge in [-0.15, -0.1) is 0 Å². The second-order valence-corrected chi connectivity index (χ2v) is 7.16. The van der Waals surface area contributed by atoms with E-state index in [9.17, 15) is 4.79 Å². The van der Waals surface area contributed by atoms with Gasteiger partial charge in [0.1, 0.15) is 11.5 Å². The molecular weight excluding hydrogens is 288 g/mol. The lowest BCUT2D eigenvalue weighted by atomic mass is 9.95. The monoisotopic (exact) mass is 316 g/mol. The van der Waals surface area contributed by atoms with E-state index < -0.39 is 0 Å². The summed E-state index contributed by atoms with van der Waals surface area (Å²) >= 11 is 0. The molecule has 1 aliphatic heterocycles. The maximum absolute atomic E-state index is 12.6. The molecule has 1 saturated carbocycles. The fourth-order valence-corrected chi connectivity index (χ4v) is 3.77. The Morgan fingerprint density at radius 3 is 2.70 bits per heavy atom. The molecule has 1 amide bonds. The number of hydrogen-bond donors (Lipinski definition) is 1. The lowest BCUT2D eigenvalue weighted by Gasteiger charge is -2.29. The molecule has 5 heteroatoms. The average Bonchev–Trinajstić information content (AvgIpc) is 2.55. The van der Waals surface area contributed by atoms with E-state index >= 15 is 0 Å². The topological polar surface area (TPSA) is 58.1 Å². The van der Waals surface area contributed by atoms with Crippen LogP contribution >= 0.6 is 0 Å². The third kappa shape index (κ3) is 4.28. The van der Waals surface area contributed by atoms with Crippen molar-refractivity contribution in [3.8, 4) is 0 Å². The molecule has 0 aromatic carbocycles. The van der Waals surface area contributed by atoms with Crippen LogP contribution in [0.15, 0.2) is 6.07 Å². The van der Waals surface area contributed by atoms with E-state index in [1.54, 1.807) is 0 Å². The van der Waals surface area contributed by atoms with Gasteiger partial charge in [-0.1, -0.05) is 19.3 Å². The zero-order chi connectivity index (χ0) is 16.2. The van der Waals surface area contributed by atoms with Gasteiger partial charge in [-0.05, 0) is 52.3 Å². The number of hydrogen-bond acceptors (Lipinski definition) is 4. The SMILES string of the molecule is Cc1cc(C(=O)NC2CCCCC2)nc([C@@H]2CCCN(C)C2)n1. The van der Waals surface area contributed by atoms with Crippen molar-refractivity contribution in [3.63, 3.8) is 0 Å². The minimum atomic E-state index is -0.0344. The van der Waals surface area contributed by atoms with E-state index in [4.69, 9.17) is 0 Å². The molecule has 0 unspecified atom stereocenters. The van der Waals surface area contributed by atoms with Crippen LogP contribution in [0, 0.1) is 6.92 Å². The highest BCUT2D eigenvalue weighted by Crippen LogP contribution is 2.24. The van der Waals surface area contributed by atoms with Crippen LogP contribution in [0.2, 0.25) is 0 Å². The number of rotatable bonds is 3. The molecule has 126 valence electrons. The minimum absolute atomic E-state index is 0.0344. The fourth-order valence-electron chi connectivity index (χ4n) is 3.77. The summed E-state index contributed by atoms with van der Waals surface area (Å²) in [6, 6.07) is 2.13. The van der Waals surface area contributed by atoms with Crippen LogP contribution in [-0.4, -0.2) is 47.0 Å². The number of likely N-dealkylation sites (tertiary alicyclic amines) is 1. The summed E-state index contributed by atoms with van der Waals surface area (Å²) in [4.78, 5) is 24.1. The number of piperidine rings is 1. The predicted molar refractivity (Wildman–Crippen MR) is 90.6 cm³/mol. The molecule has 1 N–H and O–H groups in total. The van der Waals surface area contributed by atoms with Crippen molar-refractivity contribution in [2.75, 3.05) is 20.1 Å². The summed E-state index contributed by atoms with van der Waals surface area (Å²) in [5.74, 6) is 1.15. The molecule has 1 aliphatic carbocycles. The molecule has 2 aliphatic rings. The number of carbonyl (C=O) groups excluding carboxylic acids is 1. The summed E-state index contributed by atoms with van der Waals surface area (Å²) in [5.41, 5.74) is 1.42. The Kier molecular flexibility index (Phi) is 5.26. The molecule has 3 rings (SSSR count). The van der Waals surface area contributed by atoms with Crippen LogP contribution in [-0.2, 0) is 0 Å². The van der Waals surface area contributed by atoms with Gasteiger partial charge < -0.3 is 10.2 Å². The van der Waals surface area contributed by atoms with Gasteiger partial charge >= 0.3 is 0 Å². The molecule has 1 aromatic rings. The third-order valence-electron chi connectivity index (χ3n) is 5.03. The first-order valence-electron chi connectivity index (χ1n) is 8.97. The Bertz CT molecular complexity index is 554. The van der Waals surface area contributed by atoms with Crippen LogP contribution in [0.25, 0.3) is 0 Å². The van der Waals surface area contributed by atoms with E-state index in [-0.39, 0.29) is 5.91 Å². The van der Waals surface area contributed by atoms with Gasteiger partial charge in [0.05, 0.1) is 0 Å². The molecule has 5 nitrogen and oxygen atoms in total. The van der Waals surface area contributed by atoms with E-state index in [2.05, 4.69) is 27.2 Å². The molecule has 1 saturated heterocycles. The average molecular weight is 316 g/mol. The highest BCUT2D eigenvalue weighted by molar-refractivity contribution is 5.92. The first-order chi connectivity index (χ1) is 11.1. The van der Waals surface area contributed by atoms with Crippen molar-refractivity contribution in [1.82, 2.24) is 20.2 Å². The molecule has 2 heterocycles. The molecule has 0 radical (unpaired) electrons. The van der Waals surface area contributed by atoms with Crippen molar-refractivity contribution in [2.45, 2.75) is 63.8 Å². The maximum Gasteiger partial charge on any atom is 0.270 e. The molecule has 1 aromatic heterocycles. The molecule has 0 spiro atoms. The van der Waals surface area contributed by atoms with Crippen LogP contribution in [0.5, 0.6) is 0 Å². The number of carbonyl (C=O) groups is 1. The van der Waals surface area contributed by atoms with Gasteiger partial charge in [0.2, 0.25) is 0 Å². The predicted octanol–water partition coefficient (Wildman–Crippen LogP) is 2.66. The second kappa shape index (κ2) is 7.39. The molecule has 23 heavy (non-hydrogen) atoms. The standard InChI is InChI=1S/C18H28N4O/c1-13-11-16(18(23)20-15-8-4-3-5-9-15)21-17(19-13)14-7-6-10-22(2)12-14/h11,14-15H,3-10,12H2,1-2H3,(H,20,23)/t14-/m1/s1. The summed E-state index contributed by atoms with van der Waals surface area (Å²) in [5, 5.41) is 3.16. The van der Waals surface area contributed by atoms with Gasteiger partial charge in [-0.25, -0.2) is 9.97 Å². The van der Waals surface area contributed by atoms with Crippen LogP contribution in [0.4, 0.5) is 0 Å². The lowest BCUT2D eigenvalue weighted by Crippen LogP contribution is -2.37. The Morgan fingerprint density at radius 1 is 1.17 bits per heavy atom.